The molecule has 0 radical (unpaired) electrons. The molecule has 0 fully saturated rings. The van der Waals surface area contributed by atoms with Gasteiger partial charge in [-0.05, 0) is 25.5 Å². The van der Waals surface area contributed by atoms with Gasteiger partial charge in [0.15, 0.2) is 4.90 Å². The molecule has 0 unspecified atom stereocenters. The molecule has 2 aromatic rings. The van der Waals surface area contributed by atoms with E-state index in [1.807, 2.05) is 6.92 Å². The lowest BCUT2D eigenvalue weighted by atomic mass is 10.1. The van der Waals surface area contributed by atoms with Crippen molar-refractivity contribution in [2.75, 3.05) is 0 Å². The fraction of sp³-hybridized carbons (Fsp3) is 0.286. The molecule has 22 heavy (non-hydrogen) atoms. The van der Waals surface area contributed by atoms with Gasteiger partial charge in [-0.15, -0.1) is 0 Å². The van der Waals surface area contributed by atoms with Crippen LogP contribution >= 0.6 is 0 Å². The van der Waals surface area contributed by atoms with Gasteiger partial charge in [-0.25, -0.2) is 4.79 Å². The predicted octanol–water partition coefficient (Wildman–Crippen LogP) is 0.469. The highest BCUT2D eigenvalue weighted by molar-refractivity contribution is 7.87. The van der Waals surface area contributed by atoms with Gasteiger partial charge < -0.3 is 8.75 Å². The van der Waals surface area contributed by atoms with Crippen molar-refractivity contribution in [2.24, 2.45) is 14.1 Å². The summed E-state index contributed by atoms with van der Waals surface area (Å²) in [5, 5.41) is 0. The van der Waals surface area contributed by atoms with Crippen LogP contribution in [0.15, 0.2) is 38.9 Å². The summed E-state index contributed by atoms with van der Waals surface area (Å²) in [6, 6.07) is 5.00. The van der Waals surface area contributed by atoms with Gasteiger partial charge in [0, 0.05) is 20.3 Å². The largest absolute Gasteiger partial charge is 0.379 e. The maximum atomic E-state index is 12.3. The Hall–Kier alpha value is -2.35. The second kappa shape index (κ2) is 5.45. The van der Waals surface area contributed by atoms with Gasteiger partial charge in [-0.3, -0.25) is 9.36 Å². The van der Waals surface area contributed by atoms with Crippen LogP contribution in [0.1, 0.15) is 11.1 Å². The van der Waals surface area contributed by atoms with Crippen LogP contribution in [0, 0.1) is 13.8 Å². The second-order valence-electron chi connectivity index (χ2n) is 5.06. The molecule has 0 aliphatic heterocycles. The Morgan fingerprint density at radius 3 is 2.32 bits per heavy atom. The van der Waals surface area contributed by atoms with Crippen molar-refractivity contribution in [3.05, 3.63) is 56.4 Å². The van der Waals surface area contributed by atoms with E-state index in [0.29, 0.717) is 5.56 Å². The quantitative estimate of drug-likeness (QED) is 0.766. The number of benzene rings is 1. The fourth-order valence-corrected chi connectivity index (χ4v) is 3.15. The van der Waals surface area contributed by atoms with E-state index < -0.39 is 26.3 Å². The summed E-state index contributed by atoms with van der Waals surface area (Å²) in [7, 11) is -1.77. The van der Waals surface area contributed by atoms with Gasteiger partial charge in [0.2, 0.25) is 0 Å². The average molecular weight is 324 g/mol. The van der Waals surface area contributed by atoms with Crippen LogP contribution in [0.3, 0.4) is 0 Å². The zero-order valence-electron chi connectivity index (χ0n) is 12.7. The maximum Gasteiger partial charge on any atom is 0.346 e. The fourth-order valence-electron chi connectivity index (χ4n) is 2.00. The van der Waals surface area contributed by atoms with Crippen molar-refractivity contribution in [3.63, 3.8) is 0 Å². The van der Waals surface area contributed by atoms with Crippen molar-refractivity contribution in [1.29, 1.82) is 0 Å². The molecule has 2 rings (SSSR count). The summed E-state index contributed by atoms with van der Waals surface area (Å²) >= 11 is 0. The first-order valence-electron chi connectivity index (χ1n) is 6.42. The molecule has 1 aromatic carbocycles. The molecule has 0 bridgehead atoms. The van der Waals surface area contributed by atoms with Crippen molar-refractivity contribution in [3.8, 4) is 5.75 Å². The van der Waals surface area contributed by atoms with E-state index in [2.05, 4.69) is 0 Å². The number of hydrogen-bond donors (Lipinski definition) is 0. The van der Waals surface area contributed by atoms with E-state index in [1.165, 1.54) is 20.2 Å². The molecule has 0 saturated carbocycles. The summed E-state index contributed by atoms with van der Waals surface area (Å²) in [5.41, 5.74) is 0.0498. The van der Waals surface area contributed by atoms with Gasteiger partial charge in [-0.2, -0.15) is 8.42 Å². The van der Waals surface area contributed by atoms with Gasteiger partial charge >= 0.3 is 15.8 Å². The van der Waals surface area contributed by atoms with E-state index >= 15 is 0 Å². The predicted molar refractivity (Wildman–Crippen MR) is 80.7 cm³/mol. The monoisotopic (exact) mass is 324 g/mol. The van der Waals surface area contributed by atoms with E-state index in [0.717, 1.165) is 20.9 Å². The molecular weight excluding hydrogens is 308 g/mol. The van der Waals surface area contributed by atoms with Crippen molar-refractivity contribution in [1.82, 2.24) is 9.13 Å². The minimum Gasteiger partial charge on any atom is -0.379 e. The summed E-state index contributed by atoms with van der Waals surface area (Å²) in [6.07, 6.45) is 0.962. The molecule has 0 atom stereocenters. The average Bonchev–Trinajstić information content (AvgIpc) is 2.43. The SMILES string of the molecule is Cc1ccc(OS(=O)(=O)c2cn(C)c(=O)n(C)c2=O)c(C)c1. The molecule has 1 heterocycles. The highest BCUT2D eigenvalue weighted by Crippen LogP contribution is 2.22. The van der Waals surface area contributed by atoms with Crippen LogP contribution < -0.4 is 15.4 Å². The van der Waals surface area contributed by atoms with Crippen molar-refractivity contribution >= 4 is 10.1 Å². The second-order valence-corrected chi connectivity index (χ2v) is 6.57. The van der Waals surface area contributed by atoms with Crippen LogP contribution in [-0.4, -0.2) is 17.6 Å². The molecule has 7 nitrogen and oxygen atoms in total. The number of aromatic nitrogens is 2. The van der Waals surface area contributed by atoms with E-state index in [-0.39, 0.29) is 5.75 Å². The van der Waals surface area contributed by atoms with Gasteiger partial charge in [0.05, 0.1) is 0 Å². The van der Waals surface area contributed by atoms with Crippen molar-refractivity contribution < 1.29 is 12.6 Å². The molecule has 0 aliphatic rings. The summed E-state index contributed by atoms with van der Waals surface area (Å²) in [4.78, 5) is 23.0. The highest BCUT2D eigenvalue weighted by atomic mass is 32.2. The third kappa shape index (κ3) is 2.82. The Bertz CT molecular complexity index is 954. The Labute approximate surface area is 127 Å². The minimum atomic E-state index is -4.33. The van der Waals surface area contributed by atoms with Gasteiger partial charge in [0.1, 0.15) is 5.75 Å². The van der Waals surface area contributed by atoms with E-state index in [4.69, 9.17) is 4.18 Å². The number of hydrogen-bond acceptors (Lipinski definition) is 5. The standard InChI is InChI=1S/C14H16N2O5S/c1-9-5-6-11(10(2)7-9)21-22(19,20)12-8-15(3)14(18)16(4)13(12)17/h5-8H,1-4H3. The van der Waals surface area contributed by atoms with Crippen LogP contribution in [0.5, 0.6) is 5.75 Å². The summed E-state index contributed by atoms with van der Waals surface area (Å²) < 4.78 is 31.4. The molecule has 1 aromatic heterocycles. The van der Waals surface area contributed by atoms with Gasteiger partial charge in [-0.1, -0.05) is 17.7 Å². The number of rotatable bonds is 3. The van der Waals surface area contributed by atoms with Crippen LogP contribution in [0.2, 0.25) is 0 Å². The number of aryl methyl sites for hydroxylation is 3. The topological polar surface area (TPSA) is 87.4 Å². The molecule has 0 aliphatic carbocycles. The first-order chi connectivity index (χ1) is 10.1. The minimum absolute atomic E-state index is 0.140. The molecular formula is C14H16N2O5S. The van der Waals surface area contributed by atoms with Crippen LogP contribution in [-0.2, 0) is 24.2 Å². The molecule has 8 heteroatoms. The van der Waals surface area contributed by atoms with E-state index in [1.54, 1.807) is 19.1 Å². The Kier molecular flexibility index (Phi) is 3.97. The first-order valence-corrected chi connectivity index (χ1v) is 7.82. The maximum absolute atomic E-state index is 12.3. The zero-order valence-corrected chi connectivity index (χ0v) is 13.5. The molecule has 118 valence electrons. The van der Waals surface area contributed by atoms with E-state index in [9.17, 15) is 18.0 Å². The lowest BCUT2D eigenvalue weighted by Crippen LogP contribution is -2.39. The molecule has 0 N–H and O–H groups in total. The smallest absolute Gasteiger partial charge is 0.346 e. The third-order valence-electron chi connectivity index (χ3n) is 3.21. The molecule has 0 spiro atoms. The summed E-state index contributed by atoms with van der Waals surface area (Å²) in [5.74, 6) is 0.140. The zero-order chi connectivity index (χ0) is 16.7. The van der Waals surface area contributed by atoms with Crippen LogP contribution in [0.4, 0.5) is 0 Å². The Balaban J connectivity index is 2.57. The summed E-state index contributed by atoms with van der Waals surface area (Å²) in [6.45, 7) is 3.57. The Morgan fingerprint density at radius 1 is 1.09 bits per heavy atom. The van der Waals surface area contributed by atoms with Gasteiger partial charge in [0.25, 0.3) is 5.56 Å². The van der Waals surface area contributed by atoms with Crippen molar-refractivity contribution in [2.45, 2.75) is 18.7 Å². The molecule has 0 amide bonds. The highest BCUT2D eigenvalue weighted by Gasteiger charge is 2.24. The third-order valence-corrected chi connectivity index (χ3v) is 4.43. The van der Waals surface area contributed by atoms with Crippen LogP contribution in [0.25, 0.3) is 0 Å². The Morgan fingerprint density at radius 2 is 1.73 bits per heavy atom. The normalized spacial score (nSPS) is 11.5. The number of nitrogens with zero attached hydrogens (tertiary/aromatic N) is 2. The lowest BCUT2D eigenvalue weighted by molar-refractivity contribution is 0.478. The molecule has 0 saturated heterocycles. The lowest BCUT2D eigenvalue weighted by Gasteiger charge is -2.11. The first kappa shape index (κ1) is 16.0.